The quantitative estimate of drug-likeness (QED) is 0.724. The fourth-order valence-corrected chi connectivity index (χ4v) is 3.85. The van der Waals surface area contributed by atoms with Crippen molar-refractivity contribution in [2.75, 3.05) is 46.8 Å². The number of pyridine rings is 1. The minimum absolute atomic E-state index is 0.316. The Morgan fingerprint density at radius 2 is 1.61 bits per heavy atom. The molecular formula is C27H46N4. The number of nitrogens with one attached hydrogen (secondary N) is 1. The molecule has 1 aliphatic carbocycles. The smallest absolute Gasteiger partial charge is 0.0782 e. The van der Waals surface area contributed by atoms with E-state index >= 15 is 0 Å². The van der Waals surface area contributed by atoms with Gasteiger partial charge in [0.05, 0.1) is 11.7 Å². The number of hydrogen-bond donors (Lipinski definition) is 1. The minimum Gasteiger partial charge on any atom is -0.314 e. The van der Waals surface area contributed by atoms with Crippen molar-refractivity contribution in [3.8, 4) is 0 Å². The molecule has 1 aliphatic heterocycles. The van der Waals surface area contributed by atoms with E-state index in [1.54, 1.807) is 0 Å². The number of benzene rings is 1. The van der Waals surface area contributed by atoms with Gasteiger partial charge in [0.15, 0.2) is 0 Å². The van der Waals surface area contributed by atoms with Crippen molar-refractivity contribution in [1.29, 1.82) is 0 Å². The summed E-state index contributed by atoms with van der Waals surface area (Å²) in [5.41, 5.74) is 7.01. The van der Waals surface area contributed by atoms with Gasteiger partial charge < -0.3 is 10.2 Å². The maximum atomic E-state index is 4.80. The fourth-order valence-electron chi connectivity index (χ4n) is 3.85. The molecule has 4 heteroatoms. The molecule has 4 rings (SSSR count). The number of piperazine rings is 1. The highest BCUT2D eigenvalue weighted by Gasteiger charge is 2.30. The Labute approximate surface area is 192 Å². The van der Waals surface area contributed by atoms with E-state index in [2.05, 4.69) is 73.4 Å². The van der Waals surface area contributed by atoms with E-state index in [9.17, 15) is 0 Å². The number of aryl methyl sites for hydroxylation is 3. The second-order valence-corrected chi connectivity index (χ2v) is 7.83. The molecule has 174 valence electrons. The van der Waals surface area contributed by atoms with E-state index in [0.717, 1.165) is 45.6 Å². The van der Waals surface area contributed by atoms with Gasteiger partial charge in [0.2, 0.25) is 0 Å². The van der Waals surface area contributed by atoms with E-state index in [1.807, 2.05) is 33.9 Å². The van der Waals surface area contributed by atoms with Crippen molar-refractivity contribution in [3.05, 3.63) is 64.5 Å². The summed E-state index contributed by atoms with van der Waals surface area (Å²) >= 11 is 0. The van der Waals surface area contributed by atoms with Gasteiger partial charge in [-0.3, -0.25) is 9.88 Å². The zero-order chi connectivity index (χ0) is 23.2. The highest BCUT2D eigenvalue weighted by Crippen LogP contribution is 2.36. The molecule has 4 nitrogen and oxygen atoms in total. The average molecular weight is 427 g/mol. The van der Waals surface area contributed by atoms with Gasteiger partial charge in [-0.05, 0) is 63.2 Å². The number of fused-ring (bicyclic) bond motifs is 2. The molecule has 1 aromatic carbocycles. The van der Waals surface area contributed by atoms with Crippen LogP contribution >= 0.6 is 0 Å². The lowest BCUT2D eigenvalue weighted by atomic mass is 9.95. The Bertz CT molecular complexity index is 736. The Balaban J connectivity index is 0.000000465. The van der Waals surface area contributed by atoms with Crippen LogP contribution in [0.4, 0.5) is 0 Å². The van der Waals surface area contributed by atoms with E-state index in [0.29, 0.717) is 6.04 Å². The van der Waals surface area contributed by atoms with Crippen molar-refractivity contribution in [1.82, 2.24) is 20.1 Å². The zero-order valence-corrected chi connectivity index (χ0v) is 21.3. The van der Waals surface area contributed by atoms with Crippen molar-refractivity contribution >= 4 is 0 Å². The number of nitrogens with zero attached hydrogens (tertiary/aromatic N) is 3. The molecule has 2 aliphatic rings. The maximum absolute atomic E-state index is 4.80. The molecule has 1 N–H and O–H groups in total. The van der Waals surface area contributed by atoms with Gasteiger partial charge in [-0.25, -0.2) is 0 Å². The van der Waals surface area contributed by atoms with Crippen molar-refractivity contribution in [2.24, 2.45) is 0 Å². The molecule has 1 saturated heterocycles. The predicted octanol–water partition coefficient (Wildman–Crippen LogP) is 5.10. The van der Waals surface area contributed by atoms with Gasteiger partial charge in [-0.1, -0.05) is 64.4 Å². The third-order valence-corrected chi connectivity index (χ3v) is 5.59. The summed E-state index contributed by atoms with van der Waals surface area (Å²) in [6.45, 7) is 17.8. The van der Waals surface area contributed by atoms with Crippen LogP contribution in [0.2, 0.25) is 0 Å². The molecule has 31 heavy (non-hydrogen) atoms. The summed E-state index contributed by atoms with van der Waals surface area (Å²) < 4.78 is 0. The number of aromatic nitrogens is 1. The van der Waals surface area contributed by atoms with Gasteiger partial charge in [0.1, 0.15) is 0 Å². The summed E-state index contributed by atoms with van der Waals surface area (Å²) in [4.78, 5) is 9.52. The van der Waals surface area contributed by atoms with Gasteiger partial charge in [0.25, 0.3) is 0 Å². The lowest BCUT2D eigenvalue weighted by molar-refractivity contribution is 0.195. The Kier molecular flexibility index (Phi) is 13.3. The van der Waals surface area contributed by atoms with Gasteiger partial charge in [-0.15, -0.1) is 0 Å². The van der Waals surface area contributed by atoms with Crippen LogP contribution in [0.25, 0.3) is 0 Å². The molecule has 0 saturated carbocycles. The molecule has 2 heterocycles. The largest absolute Gasteiger partial charge is 0.314 e. The SMILES string of the molecule is CC.CC.CCN(C)C.Cc1ccc2c(c1)CCc1cccnc1C2N1CCNCC1. The first-order valence-corrected chi connectivity index (χ1v) is 12.2. The monoisotopic (exact) mass is 426 g/mol. The topological polar surface area (TPSA) is 31.4 Å². The maximum Gasteiger partial charge on any atom is 0.0782 e. The highest BCUT2D eigenvalue weighted by molar-refractivity contribution is 5.43. The highest BCUT2D eigenvalue weighted by atomic mass is 15.2. The third-order valence-electron chi connectivity index (χ3n) is 5.59. The van der Waals surface area contributed by atoms with Crippen LogP contribution in [-0.2, 0) is 12.8 Å². The fraction of sp³-hybridized carbons (Fsp3) is 0.593. The van der Waals surface area contributed by atoms with Crippen LogP contribution in [0.3, 0.4) is 0 Å². The van der Waals surface area contributed by atoms with E-state index in [-0.39, 0.29) is 0 Å². The average Bonchev–Trinajstić information content (AvgIpc) is 2.99. The third kappa shape index (κ3) is 8.03. The first-order valence-electron chi connectivity index (χ1n) is 12.2. The van der Waals surface area contributed by atoms with Gasteiger partial charge in [-0.2, -0.15) is 0 Å². The van der Waals surface area contributed by atoms with E-state index < -0.39 is 0 Å². The molecular weight excluding hydrogens is 380 g/mol. The Morgan fingerprint density at radius 3 is 2.23 bits per heavy atom. The van der Waals surface area contributed by atoms with Gasteiger partial charge >= 0.3 is 0 Å². The number of hydrogen-bond acceptors (Lipinski definition) is 4. The van der Waals surface area contributed by atoms with Crippen LogP contribution in [0.5, 0.6) is 0 Å². The second kappa shape index (κ2) is 15.1. The van der Waals surface area contributed by atoms with Crippen molar-refractivity contribution in [2.45, 2.75) is 60.4 Å². The Hall–Kier alpha value is -1.75. The molecule has 0 spiro atoms. The Morgan fingerprint density at radius 1 is 1.00 bits per heavy atom. The summed E-state index contributed by atoms with van der Waals surface area (Å²) in [6.07, 6.45) is 4.17. The van der Waals surface area contributed by atoms with Crippen LogP contribution < -0.4 is 5.32 Å². The number of rotatable bonds is 2. The van der Waals surface area contributed by atoms with Crippen molar-refractivity contribution in [3.63, 3.8) is 0 Å². The molecule has 0 radical (unpaired) electrons. The summed E-state index contributed by atoms with van der Waals surface area (Å²) in [5.74, 6) is 0. The van der Waals surface area contributed by atoms with E-state index in [1.165, 1.54) is 27.9 Å². The van der Waals surface area contributed by atoms with Crippen LogP contribution in [0.1, 0.15) is 68.6 Å². The van der Waals surface area contributed by atoms with Crippen LogP contribution in [0.15, 0.2) is 36.5 Å². The normalized spacial score (nSPS) is 17.4. The molecule has 0 amide bonds. The molecule has 0 bridgehead atoms. The lowest BCUT2D eigenvalue weighted by Gasteiger charge is -2.35. The zero-order valence-electron chi connectivity index (χ0n) is 21.3. The van der Waals surface area contributed by atoms with Crippen LogP contribution in [-0.4, -0.2) is 61.6 Å². The molecule has 1 fully saturated rings. The van der Waals surface area contributed by atoms with E-state index in [4.69, 9.17) is 4.98 Å². The van der Waals surface area contributed by atoms with Crippen molar-refractivity contribution < 1.29 is 0 Å². The van der Waals surface area contributed by atoms with Gasteiger partial charge in [0, 0.05) is 32.4 Å². The second-order valence-electron chi connectivity index (χ2n) is 7.83. The first-order chi connectivity index (χ1) is 15.1. The summed E-state index contributed by atoms with van der Waals surface area (Å²) in [7, 11) is 4.11. The lowest BCUT2D eigenvalue weighted by Crippen LogP contribution is -2.45. The molecule has 1 aromatic heterocycles. The predicted molar refractivity (Wildman–Crippen MR) is 136 cm³/mol. The summed E-state index contributed by atoms with van der Waals surface area (Å²) in [6, 6.07) is 11.6. The summed E-state index contributed by atoms with van der Waals surface area (Å²) in [5, 5.41) is 3.46. The molecule has 1 atom stereocenters. The molecule has 1 unspecified atom stereocenters. The first kappa shape index (κ1) is 27.3. The standard InChI is InChI=1S/C19H23N3.C4H11N.2C2H6/c1-14-4-7-17-16(13-14)6-5-15-3-2-8-21-18(15)19(17)22-11-9-20-10-12-22;1-4-5(2)3;2*1-2/h2-4,7-8,13,19-20H,5-6,9-12H2,1H3;4H2,1-3H3;2*1-2H3. The molecule has 2 aromatic rings. The minimum atomic E-state index is 0.316. The van der Waals surface area contributed by atoms with Crippen LogP contribution in [0, 0.1) is 6.92 Å².